The van der Waals surface area contributed by atoms with Gasteiger partial charge in [0.1, 0.15) is 36.6 Å². The first kappa shape index (κ1) is 27.4. The lowest BCUT2D eigenvalue weighted by Crippen LogP contribution is -2.65. The average Bonchev–Trinajstić information content (AvgIpc) is 2.71. The van der Waals surface area contributed by atoms with E-state index in [4.69, 9.17) is 22.6 Å². The molecule has 2 heterocycles. The Kier molecular flexibility index (Phi) is 8.05. The fourth-order valence-electron chi connectivity index (χ4n) is 3.10. The molecule has 0 aromatic heterocycles. The minimum absolute atomic E-state index is 0.974. The van der Waals surface area contributed by atoms with Crippen LogP contribution in [0.2, 0.25) is 0 Å². The zero-order valence-corrected chi connectivity index (χ0v) is 20.8. The fourth-order valence-corrected chi connectivity index (χ4v) is 8.89. The minimum atomic E-state index is -5.49. The van der Waals surface area contributed by atoms with Crippen LogP contribution in [0.1, 0.15) is 0 Å². The van der Waals surface area contributed by atoms with Crippen LogP contribution < -0.4 is 0 Å². The molecule has 2 aliphatic heterocycles. The van der Waals surface area contributed by atoms with Crippen LogP contribution >= 0.6 is 47.6 Å². The van der Waals surface area contributed by atoms with Gasteiger partial charge in [-0.25, -0.2) is 22.6 Å². The number of hydrogen-bond donors (Lipinski definition) is 5. The first-order chi connectivity index (χ1) is 14.4. The first-order valence-electron chi connectivity index (χ1n) is 7.94. The molecule has 0 radical (unpaired) electrons. The molecule has 1 saturated carbocycles. The summed E-state index contributed by atoms with van der Waals surface area (Å²) in [4.78, 5) is 47.7. The number of phosphoric acid groups is 4. The summed E-state index contributed by atoms with van der Waals surface area (Å²) < 4.78 is 108. The van der Waals surface area contributed by atoms with Crippen molar-refractivity contribution in [3.8, 4) is 0 Å². The second kappa shape index (κ2) is 9.38. The molecule has 0 aromatic rings. The third kappa shape index (κ3) is 6.75. The van der Waals surface area contributed by atoms with Gasteiger partial charge in [0.15, 0.2) is 8.03 Å². The number of rotatable bonds is 4. The molecule has 3 aliphatic rings. The zero-order valence-electron chi connectivity index (χ0n) is 15.2. The summed E-state index contributed by atoms with van der Waals surface area (Å²) >= 11 is 0. The van der Waals surface area contributed by atoms with E-state index < -0.39 is 84.2 Å². The molecule has 0 spiro atoms. The molecule has 11 atom stereocenters. The summed E-state index contributed by atoms with van der Waals surface area (Å²) in [5.41, 5.74) is 0. The van der Waals surface area contributed by atoms with Crippen LogP contribution in [0.5, 0.6) is 0 Å². The largest absolute Gasteiger partial charge is 0.481 e. The van der Waals surface area contributed by atoms with E-state index in [1.165, 1.54) is 0 Å². The monoisotopic (exact) mass is 590 g/mol. The van der Waals surface area contributed by atoms with E-state index in [9.17, 15) is 51.9 Å². The summed E-state index contributed by atoms with van der Waals surface area (Å²) in [6.45, 7) is 0.974. The Labute approximate surface area is 179 Å². The van der Waals surface area contributed by atoms with Gasteiger partial charge in [-0.3, -0.25) is 27.2 Å². The Bertz CT molecular complexity index is 985. The summed E-state index contributed by atoms with van der Waals surface area (Å²) in [5.74, 6) is 0. The van der Waals surface area contributed by atoms with Gasteiger partial charge in [0.25, 0.3) is 0 Å². The second-order valence-electron chi connectivity index (χ2n) is 6.26. The predicted molar refractivity (Wildman–Crippen MR) is 96.9 cm³/mol. The van der Waals surface area contributed by atoms with E-state index in [1.807, 2.05) is 0 Å². The van der Waals surface area contributed by atoms with E-state index in [2.05, 4.69) is 13.1 Å². The van der Waals surface area contributed by atoms with Crippen LogP contribution in [0.4, 0.5) is 0 Å². The Balaban J connectivity index is 2.20. The van der Waals surface area contributed by atoms with Crippen LogP contribution in [0.25, 0.3) is 0 Å². The van der Waals surface area contributed by atoms with E-state index >= 15 is 0 Å². The molecule has 1 aliphatic carbocycles. The summed E-state index contributed by atoms with van der Waals surface area (Å²) in [5, 5.41) is 0. The van der Waals surface area contributed by atoms with Crippen LogP contribution in [0, 0.1) is 0 Å². The molecule has 0 bridgehead atoms. The van der Waals surface area contributed by atoms with Crippen molar-refractivity contribution in [2.24, 2.45) is 0 Å². The quantitative estimate of drug-likeness (QED) is 0.275. The lowest BCUT2D eigenvalue weighted by atomic mass is 9.85. The normalized spacial score (nSPS) is 51.0. The van der Waals surface area contributed by atoms with E-state index in [-0.39, 0.29) is 0 Å². The van der Waals surface area contributed by atoms with Crippen molar-refractivity contribution in [2.45, 2.75) is 36.6 Å². The van der Waals surface area contributed by atoms with Gasteiger partial charge in [0.05, 0.1) is 0 Å². The Morgan fingerprint density at radius 2 is 1.41 bits per heavy atom. The van der Waals surface area contributed by atoms with Gasteiger partial charge in [-0.2, -0.15) is 4.31 Å². The maximum Gasteiger partial charge on any atom is 0.481 e. The van der Waals surface area contributed by atoms with Gasteiger partial charge in [0.2, 0.25) is 0 Å². The first-order valence-corrected chi connectivity index (χ1v) is 17.0. The van der Waals surface area contributed by atoms with Gasteiger partial charge in [0, 0.05) is 6.66 Å². The Morgan fingerprint density at radius 1 is 0.906 bits per heavy atom. The Morgan fingerprint density at radius 3 is 1.94 bits per heavy atom. The SMILES string of the molecule is C[PH](=O)OC1C(OP(=O)(O)O)C2O[PH](=O)OP(=O)(O)OC2C2OP(=O)(O)OP(=O)(O)OC12. The van der Waals surface area contributed by atoms with Crippen molar-refractivity contribution < 1.29 is 87.6 Å². The lowest BCUT2D eigenvalue weighted by molar-refractivity contribution is -0.185. The summed E-state index contributed by atoms with van der Waals surface area (Å²) in [6, 6.07) is 0. The molecule has 32 heavy (non-hydrogen) atoms. The highest BCUT2D eigenvalue weighted by atomic mass is 31.3. The van der Waals surface area contributed by atoms with Crippen molar-refractivity contribution in [3.63, 3.8) is 0 Å². The lowest BCUT2D eigenvalue weighted by Gasteiger charge is -2.46. The topological polar surface area (TPSA) is 277 Å². The highest BCUT2D eigenvalue weighted by Crippen LogP contribution is 2.68. The zero-order chi connectivity index (χ0) is 24.3. The second-order valence-corrected chi connectivity index (χ2v) is 14.2. The van der Waals surface area contributed by atoms with Gasteiger partial charge >= 0.3 is 39.5 Å². The van der Waals surface area contributed by atoms with Gasteiger partial charge in [-0.1, -0.05) is 0 Å². The van der Waals surface area contributed by atoms with E-state index in [0.29, 0.717) is 0 Å². The maximum atomic E-state index is 12.1. The fraction of sp³-hybridized carbons (Fsp3) is 1.00. The van der Waals surface area contributed by atoms with E-state index in [1.54, 1.807) is 0 Å². The van der Waals surface area contributed by atoms with Crippen molar-refractivity contribution in [1.29, 1.82) is 0 Å². The third-order valence-corrected chi connectivity index (χ3v) is 10.2. The van der Waals surface area contributed by atoms with Gasteiger partial charge in [-0.15, -0.1) is 0 Å². The molecule has 188 valence electrons. The maximum absolute atomic E-state index is 12.1. The van der Waals surface area contributed by atoms with Crippen LogP contribution in [-0.4, -0.2) is 67.8 Å². The molecule has 5 N–H and O–H groups in total. The van der Waals surface area contributed by atoms with Crippen molar-refractivity contribution >= 4 is 47.6 Å². The van der Waals surface area contributed by atoms with Crippen molar-refractivity contribution in [1.82, 2.24) is 0 Å². The van der Waals surface area contributed by atoms with Crippen molar-refractivity contribution in [3.05, 3.63) is 0 Å². The summed E-state index contributed by atoms with van der Waals surface area (Å²) in [7, 11) is -28.8. The number of fused-ring (bicyclic) bond motifs is 3. The highest BCUT2D eigenvalue weighted by Gasteiger charge is 2.64. The number of phosphoric ester groups is 4. The standard InChI is InChI=1S/C7H16O19P6/c1-27(8)19-2-4(21-29(10,11)12)3-6(22-30(13,14)25-28(9)20-3)7-5(2)23-31(15,16)26-32(17,18)24-7/h2-7,27-28H,1H3,(H,13,14)(H,15,16)(H,17,18)(H2,10,11,12). The predicted octanol–water partition coefficient (Wildman–Crippen LogP) is 0.260. The Hall–Kier alpha value is 0.860. The third-order valence-electron chi connectivity index (χ3n) is 3.90. The molecule has 25 heteroatoms. The molecule has 3 rings (SSSR count). The van der Waals surface area contributed by atoms with Crippen LogP contribution in [0.15, 0.2) is 0 Å². The molecule has 11 unspecified atom stereocenters. The van der Waals surface area contributed by atoms with Gasteiger partial charge < -0.3 is 33.5 Å². The van der Waals surface area contributed by atoms with E-state index in [0.717, 1.165) is 6.66 Å². The number of hydrogen-bond acceptors (Lipinski definition) is 14. The highest BCUT2D eigenvalue weighted by molar-refractivity contribution is 7.61. The summed E-state index contributed by atoms with van der Waals surface area (Å²) in [6.07, 6.45) is -13.1. The molecule has 19 nitrogen and oxygen atoms in total. The van der Waals surface area contributed by atoms with Gasteiger partial charge in [-0.05, 0) is 0 Å². The molecule has 0 amide bonds. The average molecular weight is 590 g/mol. The van der Waals surface area contributed by atoms with Crippen molar-refractivity contribution in [2.75, 3.05) is 6.66 Å². The molecular formula is C7H16O19P6. The molecule has 2 saturated heterocycles. The van der Waals surface area contributed by atoms with Crippen LogP contribution in [-0.2, 0) is 63.2 Å². The van der Waals surface area contributed by atoms with Crippen LogP contribution in [0.3, 0.4) is 0 Å². The molecule has 3 fully saturated rings. The smallest absolute Gasteiger partial charge is 0.322 e. The minimum Gasteiger partial charge on any atom is -0.322 e. The molecular weight excluding hydrogens is 574 g/mol. The molecule has 0 aromatic carbocycles.